The molecular formula is C16H18N2O2. The maximum absolute atomic E-state index is 12.3. The number of para-hydroxylation sites is 1. The molecule has 0 atom stereocenters. The van der Waals surface area contributed by atoms with E-state index in [9.17, 15) is 4.79 Å². The third-order valence-electron chi connectivity index (χ3n) is 3.31. The second-order valence-electron chi connectivity index (χ2n) is 4.61. The van der Waals surface area contributed by atoms with Crippen LogP contribution in [0.1, 0.15) is 27.3 Å². The van der Waals surface area contributed by atoms with E-state index in [1.165, 1.54) is 0 Å². The van der Waals surface area contributed by atoms with Crippen molar-refractivity contribution in [1.29, 1.82) is 0 Å². The number of nitrogens with zero attached hydrogens (tertiary/aromatic N) is 2. The molecule has 0 N–H and O–H groups in total. The second kappa shape index (κ2) is 5.74. The van der Waals surface area contributed by atoms with Gasteiger partial charge in [0.25, 0.3) is 0 Å². The van der Waals surface area contributed by atoms with Crippen LogP contribution in [0.5, 0.6) is 5.75 Å². The van der Waals surface area contributed by atoms with Crippen molar-refractivity contribution in [2.24, 2.45) is 7.05 Å². The van der Waals surface area contributed by atoms with Crippen LogP contribution in [0.2, 0.25) is 0 Å². The Labute approximate surface area is 118 Å². The molecule has 0 amide bonds. The van der Waals surface area contributed by atoms with Crippen molar-refractivity contribution < 1.29 is 9.53 Å². The molecule has 1 aromatic heterocycles. The van der Waals surface area contributed by atoms with Gasteiger partial charge in [0.1, 0.15) is 5.75 Å². The molecule has 0 aliphatic heterocycles. The van der Waals surface area contributed by atoms with Crippen molar-refractivity contribution >= 4 is 11.9 Å². The average Bonchev–Trinajstić information content (AvgIpc) is 2.70. The minimum atomic E-state index is -0.0426. The number of methoxy groups -OCH3 is 1. The molecule has 4 nitrogen and oxygen atoms in total. The van der Waals surface area contributed by atoms with Crippen LogP contribution in [0.15, 0.2) is 30.3 Å². The van der Waals surface area contributed by atoms with E-state index < -0.39 is 0 Å². The quantitative estimate of drug-likeness (QED) is 0.633. The molecule has 0 saturated carbocycles. The van der Waals surface area contributed by atoms with Crippen LogP contribution >= 0.6 is 0 Å². The molecule has 2 rings (SSSR count). The summed E-state index contributed by atoms with van der Waals surface area (Å²) in [6.45, 7) is 3.74. The Balaban J connectivity index is 2.29. The van der Waals surface area contributed by atoms with E-state index in [0.29, 0.717) is 5.56 Å². The molecule has 0 unspecified atom stereocenters. The molecule has 1 heterocycles. The Kier molecular flexibility index (Phi) is 4.03. The first kappa shape index (κ1) is 14.1. The standard InChI is InChI=1S/C16H18N2O2/c1-11-16(12(2)18(3)17-11)14(19)10-9-13-7-5-6-8-15(13)20-4/h5-10H,1-4H3/b10-9+. The number of ether oxygens (including phenoxy) is 1. The van der Waals surface area contributed by atoms with Crippen molar-refractivity contribution in [3.63, 3.8) is 0 Å². The largest absolute Gasteiger partial charge is 0.496 e. The summed E-state index contributed by atoms with van der Waals surface area (Å²) in [4.78, 5) is 12.3. The molecule has 0 radical (unpaired) electrons. The van der Waals surface area contributed by atoms with Crippen LogP contribution in [0, 0.1) is 13.8 Å². The van der Waals surface area contributed by atoms with Crippen molar-refractivity contribution in [3.8, 4) is 5.75 Å². The predicted molar refractivity (Wildman–Crippen MR) is 79.0 cm³/mol. The summed E-state index contributed by atoms with van der Waals surface area (Å²) < 4.78 is 6.98. The van der Waals surface area contributed by atoms with Gasteiger partial charge in [-0.3, -0.25) is 9.48 Å². The molecular weight excluding hydrogens is 252 g/mol. The Bertz CT molecular complexity index is 669. The van der Waals surface area contributed by atoms with Crippen LogP contribution < -0.4 is 4.74 Å². The second-order valence-corrected chi connectivity index (χ2v) is 4.61. The van der Waals surface area contributed by atoms with Gasteiger partial charge in [-0.25, -0.2) is 0 Å². The molecule has 0 spiro atoms. The van der Waals surface area contributed by atoms with Gasteiger partial charge in [0.05, 0.1) is 18.4 Å². The zero-order valence-corrected chi connectivity index (χ0v) is 12.2. The smallest absolute Gasteiger partial charge is 0.189 e. The van der Waals surface area contributed by atoms with Crippen LogP contribution in [-0.2, 0) is 7.05 Å². The molecule has 0 aliphatic rings. The molecule has 0 bridgehead atoms. The van der Waals surface area contributed by atoms with Crippen LogP contribution in [0.3, 0.4) is 0 Å². The number of ketones is 1. The van der Waals surface area contributed by atoms with Gasteiger partial charge in [0.15, 0.2) is 5.78 Å². The lowest BCUT2D eigenvalue weighted by atomic mass is 10.1. The number of allylic oxidation sites excluding steroid dienone is 1. The number of hydrogen-bond acceptors (Lipinski definition) is 3. The topological polar surface area (TPSA) is 44.1 Å². The van der Waals surface area contributed by atoms with Crippen LogP contribution in [0.4, 0.5) is 0 Å². The van der Waals surface area contributed by atoms with Gasteiger partial charge in [-0.15, -0.1) is 0 Å². The number of aromatic nitrogens is 2. The van der Waals surface area contributed by atoms with Crippen LogP contribution in [-0.4, -0.2) is 22.7 Å². The Hall–Kier alpha value is -2.36. The lowest BCUT2D eigenvalue weighted by Crippen LogP contribution is -1.99. The van der Waals surface area contributed by atoms with Gasteiger partial charge in [0, 0.05) is 18.3 Å². The van der Waals surface area contributed by atoms with Gasteiger partial charge in [-0.05, 0) is 32.1 Å². The van der Waals surface area contributed by atoms with Crippen molar-refractivity contribution in [1.82, 2.24) is 9.78 Å². The summed E-state index contributed by atoms with van der Waals surface area (Å²) in [7, 11) is 3.45. The first-order valence-corrected chi connectivity index (χ1v) is 6.40. The molecule has 104 valence electrons. The van der Waals surface area contributed by atoms with E-state index in [-0.39, 0.29) is 5.78 Å². The molecule has 1 aromatic carbocycles. The molecule has 4 heteroatoms. The van der Waals surface area contributed by atoms with E-state index in [2.05, 4.69) is 5.10 Å². The first-order chi connectivity index (χ1) is 9.54. The maximum Gasteiger partial charge on any atom is 0.189 e. The summed E-state index contributed by atoms with van der Waals surface area (Å²) in [5.74, 6) is 0.704. The zero-order valence-electron chi connectivity index (χ0n) is 12.2. The number of hydrogen-bond donors (Lipinski definition) is 0. The van der Waals surface area contributed by atoms with Crippen LogP contribution in [0.25, 0.3) is 6.08 Å². The summed E-state index contributed by atoms with van der Waals surface area (Å²) in [6.07, 6.45) is 3.34. The summed E-state index contributed by atoms with van der Waals surface area (Å²) in [6, 6.07) is 7.58. The fraction of sp³-hybridized carbons (Fsp3) is 0.250. The number of carbonyl (C=O) groups is 1. The highest BCUT2D eigenvalue weighted by atomic mass is 16.5. The van der Waals surface area contributed by atoms with E-state index in [4.69, 9.17) is 4.74 Å². The van der Waals surface area contributed by atoms with Gasteiger partial charge < -0.3 is 4.74 Å². The number of carbonyl (C=O) groups excluding carboxylic acids is 1. The lowest BCUT2D eigenvalue weighted by molar-refractivity contribution is 0.104. The Morgan fingerprint density at radius 2 is 2.00 bits per heavy atom. The fourth-order valence-corrected chi connectivity index (χ4v) is 2.18. The minimum absolute atomic E-state index is 0.0426. The molecule has 2 aromatic rings. The van der Waals surface area contributed by atoms with Crippen molar-refractivity contribution in [2.45, 2.75) is 13.8 Å². The lowest BCUT2D eigenvalue weighted by Gasteiger charge is -2.03. The monoisotopic (exact) mass is 270 g/mol. The molecule has 0 aliphatic carbocycles. The summed E-state index contributed by atoms with van der Waals surface area (Å²) in [5.41, 5.74) is 3.16. The SMILES string of the molecule is COc1ccccc1/C=C/C(=O)c1c(C)nn(C)c1C. The van der Waals surface area contributed by atoms with E-state index >= 15 is 0 Å². The average molecular weight is 270 g/mol. The highest BCUT2D eigenvalue weighted by Gasteiger charge is 2.14. The third kappa shape index (κ3) is 2.64. The van der Waals surface area contributed by atoms with Gasteiger partial charge in [-0.1, -0.05) is 18.2 Å². The highest BCUT2D eigenvalue weighted by molar-refractivity contribution is 6.08. The fourth-order valence-electron chi connectivity index (χ4n) is 2.18. The van der Waals surface area contributed by atoms with E-state index in [1.54, 1.807) is 23.9 Å². The van der Waals surface area contributed by atoms with Crippen molar-refractivity contribution in [3.05, 3.63) is 52.9 Å². The number of rotatable bonds is 4. The highest BCUT2D eigenvalue weighted by Crippen LogP contribution is 2.20. The van der Waals surface area contributed by atoms with Gasteiger partial charge >= 0.3 is 0 Å². The number of aryl methyl sites for hydroxylation is 2. The third-order valence-corrected chi connectivity index (χ3v) is 3.31. The normalized spacial score (nSPS) is 11.0. The molecule has 20 heavy (non-hydrogen) atoms. The Morgan fingerprint density at radius 1 is 1.30 bits per heavy atom. The Morgan fingerprint density at radius 3 is 2.60 bits per heavy atom. The zero-order chi connectivity index (χ0) is 14.7. The van der Waals surface area contributed by atoms with E-state index in [0.717, 1.165) is 22.7 Å². The van der Waals surface area contributed by atoms with E-state index in [1.807, 2.05) is 45.2 Å². The van der Waals surface area contributed by atoms with Crippen molar-refractivity contribution in [2.75, 3.05) is 7.11 Å². The summed E-state index contributed by atoms with van der Waals surface area (Å²) in [5, 5.41) is 4.26. The number of benzene rings is 1. The van der Waals surface area contributed by atoms with Gasteiger partial charge in [-0.2, -0.15) is 5.10 Å². The predicted octanol–water partition coefficient (Wildman–Crippen LogP) is 2.94. The minimum Gasteiger partial charge on any atom is -0.496 e. The summed E-state index contributed by atoms with van der Waals surface area (Å²) >= 11 is 0. The first-order valence-electron chi connectivity index (χ1n) is 6.40. The maximum atomic E-state index is 12.3. The van der Waals surface area contributed by atoms with Gasteiger partial charge in [0.2, 0.25) is 0 Å². The molecule has 0 saturated heterocycles. The molecule has 0 fully saturated rings.